The van der Waals surface area contributed by atoms with Gasteiger partial charge >= 0.3 is 12.1 Å². The van der Waals surface area contributed by atoms with Crippen LogP contribution in [0.4, 0.5) is 13.2 Å². The predicted octanol–water partition coefficient (Wildman–Crippen LogP) is 2.71. The number of halogens is 3. The molecule has 5 nitrogen and oxygen atoms in total. The summed E-state index contributed by atoms with van der Waals surface area (Å²) in [6, 6.07) is 3.61. The van der Waals surface area contributed by atoms with Crippen molar-refractivity contribution in [3.8, 4) is 11.5 Å². The molecule has 0 spiro atoms. The number of carbonyl (C=O) groups is 1. The van der Waals surface area contributed by atoms with Gasteiger partial charge in [-0.05, 0) is 19.1 Å². The van der Waals surface area contributed by atoms with Crippen LogP contribution in [-0.4, -0.2) is 48.5 Å². The van der Waals surface area contributed by atoms with Gasteiger partial charge in [-0.3, -0.25) is 9.69 Å². The molecule has 2 heterocycles. The highest BCUT2D eigenvalue weighted by atomic mass is 19.4. The lowest BCUT2D eigenvalue weighted by Gasteiger charge is -2.19. The number of fused-ring (bicyclic) bond motifs is 1. The largest absolute Gasteiger partial charge is 0.497 e. The maximum Gasteiger partial charge on any atom is 0.393 e. The van der Waals surface area contributed by atoms with Gasteiger partial charge in [0.25, 0.3) is 0 Å². The second kappa shape index (κ2) is 6.40. The van der Waals surface area contributed by atoms with Crippen LogP contribution in [0.5, 0.6) is 11.5 Å². The quantitative estimate of drug-likeness (QED) is 0.896. The van der Waals surface area contributed by atoms with Crippen LogP contribution in [0, 0.1) is 11.8 Å². The van der Waals surface area contributed by atoms with Crippen molar-refractivity contribution in [1.29, 1.82) is 0 Å². The molecule has 2 aliphatic heterocycles. The van der Waals surface area contributed by atoms with E-state index in [4.69, 9.17) is 14.6 Å². The highest BCUT2D eigenvalue weighted by Gasteiger charge is 2.52. The monoisotopic (exact) mass is 359 g/mol. The number of ether oxygens (including phenoxy) is 2. The number of methoxy groups -OCH3 is 1. The predicted molar refractivity (Wildman–Crippen MR) is 82.7 cm³/mol. The van der Waals surface area contributed by atoms with Crippen LogP contribution in [0.1, 0.15) is 18.1 Å². The summed E-state index contributed by atoms with van der Waals surface area (Å²) in [6.45, 7) is 1.65. The minimum atomic E-state index is -4.53. The molecule has 0 amide bonds. The molecule has 1 aromatic carbocycles. The van der Waals surface area contributed by atoms with E-state index in [0.717, 1.165) is 11.1 Å². The minimum Gasteiger partial charge on any atom is -0.497 e. The van der Waals surface area contributed by atoms with Gasteiger partial charge in [0.05, 0.1) is 18.9 Å². The second-order valence-electron chi connectivity index (χ2n) is 6.69. The topological polar surface area (TPSA) is 59.0 Å². The van der Waals surface area contributed by atoms with E-state index in [0.29, 0.717) is 17.9 Å². The third-order valence-corrected chi connectivity index (χ3v) is 4.81. The molecule has 8 heteroatoms. The highest BCUT2D eigenvalue weighted by Crippen LogP contribution is 2.41. The molecule has 1 saturated heterocycles. The van der Waals surface area contributed by atoms with E-state index in [-0.39, 0.29) is 25.7 Å². The smallest absolute Gasteiger partial charge is 0.393 e. The molecular formula is C17H20F3NO4. The van der Waals surface area contributed by atoms with Crippen LogP contribution in [0.3, 0.4) is 0 Å². The van der Waals surface area contributed by atoms with E-state index in [1.807, 2.05) is 13.0 Å². The van der Waals surface area contributed by atoms with Gasteiger partial charge < -0.3 is 14.6 Å². The second-order valence-corrected chi connectivity index (χ2v) is 6.69. The number of nitrogens with zero attached hydrogens (tertiary/aromatic N) is 1. The van der Waals surface area contributed by atoms with Crippen LogP contribution >= 0.6 is 0 Å². The Morgan fingerprint density at radius 1 is 1.40 bits per heavy atom. The first-order chi connectivity index (χ1) is 11.7. The first-order valence-corrected chi connectivity index (χ1v) is 8.07. The maximum atomic E-state index is 13.1. The molecule has 0 aromatic heterocycles. The van der Waals surface area contributed by atoms with Gasteiger partial charge in [-0.2, -0.15) is 13.2 Å². The normalized spacial score (nSPS) is 26.4. The first-order valence-electron chi connectivity index (χ1n) is 8.07. The fraction of sp³-hybridized carbons (Fsp3) is 0.588. The molecule has 1 unspecified atom stereocenters. The summed E-state index contributed by atoms with van der Waals surface area (Å²) in [7, 11) is 1.53. The number of benzene rings is 1. The molecule has 3 atom stereocenters. The zero-order chi connectivity index (χ0) is 18.4. The van der Waals surface area contributed by atoms with E-state index in [1.165, 1.54) is 12.0 Å². The Kier molecular flexibility index (Phi) is 4.57. The molecule has 0 bridgehead atoms. The third-order valence-electron chi connectivity index (χ3n) is 4.81. The van der Waals surface area contributed by atoms with Gasteiger partial charge in [0.1, 0.15) is 17.6 Å². The van der Waals surface area contributed by atoms with Crippen LogP contribution in [0.15, 0.2) is 12.1 Å². The summed E-state index contributed by atoms with van der Waals surface area (Å²) < 4.78 is 50.5. The lowest BCUT2D eigenvalue weighted by Crippen LogP contribution is -2.33. The van der Waals surface area contributed by atoms with Crippen molar-refractivity contribution in [2.24, 2.45) is 11.8 Å². The van der Waals surface area contributed by atoms with Crippen molar-refractivity contribution < 1.29 is 32.5 Å². The number of carboxylic acid groups (broad SMARTS) is 1. The Labute approximate surface area is 143 Å². The van der Waals surface area contributed by atoms with Crippen LogP contribution < -0.4 is 9.47 Å². The van der Waals surface area contributed by atoms with Crippen molar-refractivity contribution in [2.75, 3.05) is 20.2 Å². The molecule has 0 saturated carbocycles. The molecule has 1 aromatic rings. The van der Waals surface area contributed by atoms with Crippen LogP contribution in [0.2, 0.25) is 0 Å². The summed E-state index contributed by atoms with van der Waals surface area (Å²) in [4.78, 5) is 12.7. The summed E-state index contributed by atoms with van der Waals surface area (Å²) in [5.74, 6) is -3.42. The first kappa shape index (κ1) is 17.8. The molecular weight excluding hydrogens is 339 g/mol. The summed E-state index contributed by atoms with van der Waals surface area (Å²) in [6.07, 6.45) is -3.82. The average molecular weight is 359 g/mol. The lowest BCUT2D eigenvalue weighted by atomic mass is 9.96. The molecule has 0 radical (unpaired) electrons. The van der Waals surface area contributed by atoms with Gasteiger partial charge in [0.2, 0.25) is 0 Å². The van der Waals surface area contributed by atoms with Gasteiger partial charge in [-0.25, -0.2) is 0 Å². The zero-order valence-corrected chi connectivity index (χ0v) is 14.0. The van der Waals surface area contributed by atoms with Gasteiger partial charge in [0, 0.05) is 37.2 Å². The Balaban J connectivity index is 1.84. The number of alkyl halides is 3. The van der Waals surface area contributed by atoms with E-state index < -0.39 is 24.0 Å². The molecule has 1 fully saturated rings. The van der Waals surface area contributed by atoms with Crippen molar-refractivity contribution in [1.82, 2.24) is 4.90 Å². The van der Waals surface area contributed by atoms with E-state index >= 15 is 0 Å². The fourth-order valence-corrected chi connectivity index (χ4v) is 3.65. The Morgan fingerprint density at radius 2 is 2.12 bits per heavy atom. The van der Waals surface area contributed by atoms with Crippen LogP contribution in [0.25, 0.3) is 0 Å². The summed E-state index contributed by atoms with van der Waals surface area (Å²) in [5.41, 5.74) is 1.69. The standard InChI is InChI=1S/C17H20F3NO4/c1-9-3-10-4-12(24-2)5-11(15(10)25-9)6-21-7-13(16(22)23)14(8-21)17(18,19)20/h4-5,9,13-14H,3,6-8H2,1-2H3,(H,22,23)/t9?,13-,14-/m1/s1. The van der Waals surface area contributed by atoms with E-state index in [9.17, 15) is 18.0 Å². The number of hydrogen-bond acceptors (Lipinski definition) is 4. The number of rotatable bonds is 4. The molecule has 1 N–H and O–H groups in total. The Hall–Kier alpha value is -1.96. The summed E-state index contributed by atoms with van der Waals surface area (Å²) in [5, 5.41) is 9.13. The molecule has 138 valence electrons. The molecule has 0 aliphatic carbocycles. The van der Waals surface area contributed by atoms with Gasteiger partial charge in [-0.1, -0.05) is 0 Å². The van der Waals surface area contributed by atoms with E-state index in [1.54, 1.807) is 6.07 Å². The van der Waals surface area contributed by atoms with Crippen molar-refractivity contribution in [3.05, 3.63) is 23.3 Å². The fourth-order valence-electron chi connectivity index (χ4n) is 3.65. The minimum absolute atomic E-state index is 0.00544. The SMILES string of the molecule is COc1cc2c(c(CN3C[C@@H](C(F)(F)F)[C@H](C(=O)O)C3)c1)OC(C)C2. The molecule has 25 heavy (non-hydrogen) atoms. The number of carboxylic acids is 1. The van der Waals surface area contributed by atoms with Crippen molar-refractivity contribution >= 4 is 5.97 Å². The van der Waals surface area contributed by atoms with Crippen molar-refractivity contribution in [3.63, 3.8) is 0 Å². The Bertz CT molecular complexity index is 677. The average Bonchev–Trinajstić information content (AvgIpc) is 3.09. The van der Waals surface area contributed by atoms with Crippen molar-refractivity contribution in [2.45, 2.75) is 32.2 Å². The van der Waals surface area contributed by atoms with Gasteiger partial charge in [0.15, 0.2) is 0 Å². The zero-order valence-electron chi connectivity index (χ0n) is 14.0. The lowest BCUT2D eigenvalue weighted by molar-refractivity contribution is -0.188. The number of aliphatic carboxylic acids is 1. The molecule has 3 rings (SSSR count). The third kappa shape index (κ3) is 3.53. The maximum absolute atomic E-state index is 13.1. The molecule has 2 aliphatic rings. The summed E-state index contributed by atoms with van der Waals surface area (Å²) >= 11 is 0. The number of hydrogen-bond donors (Lipinski definition) is 1. The van der Waals surface area contributed by atoms with Crippen LogP contribution in [-0.2, 0) is 17.8 Å². The Morgan fingerprint density at radius 3 is 2.68 bits per heavy atom. The highest BCUT2D eigenvalue weighted by molar-refractivity contribution is 5.71. The van der Waals surface area contributed by atoms with Gasteiger partial charge in [-0.15, -0.1) is 0 Å². The number of likely N-dealkylation sites (tertiary alicyclic amines) is 1. The van der Waals surface area contributed by atoms with E-state index in [2.05, 4.69) is 0 Å².